The van der Waals surface area contributed by atoms with Crippen molar-refractivity contribution in [2.45, 2.75) is 12.8 Å². The number of hydrogen-bond acceptors (Lipinski definition) is 4. The van der Waals surface area contributed by atoms with E-state index in [1.54, 1.807) is 13.3 Å². The van der Waals surface area contributed by atoms with Crippen LogP contribution in [0.5, 0.6) is 0 Å². The summed E-state index contributed by atoms with van der Waals surface area (Å²) in [6, 6.07) is 3.78. The van der Waals surface area contributed by atoms with Gasteiger partial charge >= 0.3 is 0 Å². The minimum absolute atomic E-state index is 0. The Hall–Kier alpha value is -0.810. The Balaban J connectivity index is 0.00000400. The minimum atomic E-state index is -3.10. The lowest BCUT2D eigenvalue weighted by atomic mass is 10.3. The first-order valence-electron chi connectivity index (χ1n) is 6.43. The Morgan fingerprint density at radius 2 is 2.00 bits per heavy atom. The lowest BCUT2D eigenvalue weighted by molar-refractivity contribution is 0.506. The highest BCUT2D eigenvalue weighted by atomic mass is 127. The molecule has 1 rings (SSSR count). The number of guanidine groups is 1. The number of sulfonamides is 1. The summed E-state index contributed by atoms with van der Waals surface area (Å²) >= 11 is 0. The predicted octanol–water partition coefficient (Wildman–Crippen LogP) is 0.544. The summed E-state index contributed by atoms with van der Waals surface area (Å²) in [4.78, 5) is 4.08. The van der Waals surface area contributed by atoms with Crippen LogP contribution >= 0.6 is 24.0 Å². The van der Waals surface area contributed by atoms with Crippen molar-refractivity contribution < 1.29 is 12.8 Å². The zero-order valence-corrected chi connectivity index (χ0v) is 15.4. The molecule has 0 aliphatic carbocycles. The molecule has 122 valence electrons. The molecule has 3 N–H and O–H groups in total. The summed E-state index contributed by atoms with van der Waals surface area (Å²) in [6.45, 7) is 1.77. The van der Waals surface area contributed by atoms with Crippen molar-refractivity contribution in [2.24, 2.45) is 4.99 Å². The first-order valence-corrected chi connectivity index (χ1v) is 8.32. The maximum absolute atomic E-state index is 10.9. The number of halogens is 1. The van der Waals surface area contributed by atoms with Gasteiger partial charge in [-0.25, -0.2) is 13.1 Å². The first kappa shape index (κ1) is 20.2. The summed E-state index contributed by atoms with van der Waals surface area (Å²) in [5.74, 6) is 1.61. The van der Waals surface area contributed by atoms with Crippen LogP contribution in [-0.4, -0.2) is 47.3 Å². The molecule has 7 nitrogen and oxygen atoms in total. The third-order valence-corrected chi connectivity index (χ3v) is 3.21. The van der Waals surface area contributed by atoms with Gasteiger partial charge in [-0.15, -0.1) is 24.0 Å². The Bertz CT molecular complexity index is 503. The van der Waals surface area contributed by atoms with Crippen molar-refractivity contribution in [1.82, 2.24) is 15.4 Å². The third-order valence-electron chi connectivity index (χ3n) is 2.48. The SMILES string of the molecule is CN=C(NCCCNS(C)(=O)=O)NCCc1ccco1.I. The number of aliphatic imine (C=N–C) groups is 1. The summed E-state index contributed by atoms with van der Waals surface area (Å²) in [6.07, 6.45) is 4.27. The van der Waals surface area contributed by atoms with Gasteiger partial charge in [0.1, 0.15) is 5.76 Å². The normalized spacial score (nSPS) is 11.8. The molecule has 0 saturated carbocycles. The van der Waals surface area contributed by atoms with Gasteiger partial charge < -0.3 is 15.1 Å². The van der Waals surface area contributed by atoms with Crippen molar-refractivity contribution in [3.63, 3.8) is 0 Å². The Morgan fingerprint density at radius 1 is 1.29 bits per heavy atom. The molecule has 0 saturated heterocycles. The monoisotopic (exact) mass is 430 g/mol. The summed E-state index contributed by atoms with van der Waals surface area (Å²) in [5.41, 5.74) is 0. The van der Waals surface area contributed by atoms with E-state index in [1.165, 1.54) is 0 Å². The lowest BCUT2D eigenvalue weighted by Gasteiger charge is -2.11. The van der Waals surface area contributed by atoms with Gasteiger partial charge in [0.25, 0.3) is 0 Å². The molecule has 0 aromatic carbocycles. The summed E-state index contributed by atoms with van der Waals surface area (Å²) in [5, 5.41) is 6.26. The van der Waals surface area contributed by atoms with Gasteiger partial charge in [-0.2, -0.15) is 0 Å². The highest BCUT2D eigenvalue weighted by Crippen LogP contribution is 1.99. The van der Waals surface area contributed by atoms with Gasteiger partial charge in [0, 0.05) is 33.1 Å². The smallest absolute Gasteiger partial charge is 0.208 e. The second-order valence-corrected chi connectivity index (χ2v) is 6.11. The zero-order chi connectivity index (χ0) is 14.8. The van der Waals surface area contributed by atoms with Gasteiger partial charge in [-0.05, 0) is 18.6 Å². The zero-order valence-electron chi connectivity index (χ0n) is 12.3. The molecule has 0 aliphatic rings. The van der Waals surface area contributed by atoms with Crippen LogP contribution in [-0.2, 0) is 16.4 Å². The molecule has 0 spiro atoms. The van der Waals surface area contributed by atoms with E-state index in [-0.39, 0.29) is 24.0 Å². The van der Waals surface area contributed by atoms with E-state index in [4.69, 9.17) is 4.42 Å². The van der Waals surface area contributed by atoms with Gasteiger partial charge in [-0.1, -0.05) is 0 Å². The van der Waals surface area contributed by atoms with E-state index in [1.807, 2.05) is 12.1 Å². The van der Waals surface area contributed by atoms with Crippen LogP contribution in [0.3, 0.4) is 0 Å². The van der Waals surface area contributed by atoms with Gasteiger partial charge in [0.05, 0.1) is 12.5 Å². The highest BCUT2D eigenvalue weighted by Gasteiger charge is 2.01. The van der Waals surface area contributed by atoms with E-state index in [2.05, 4.69) is 20.3 Å². The molecule has 0 unspecified atom stereocenters. The van der Waals surface area contributed by atoms with Gasteiger partial charge in [0.15, 0.2) is 5.96 Å². The number of hydrogen-bond donors (Lipinski definition) is 3. The van der Waals surface area contributed by atoms with Crippen molar-refractivity contribution in [1.29, 1.82) is 0 Å². The molecular formula is C12H23IN4O3S. The van der Waals surface area contributed by atoms with Crippen molar-refractivity contribution in [2.75, 3.05) is 32.9 Å². The number of furan rings is 1. The Morgan fingerprint density at radius 3 is 2.57 bits per heavy atom. The van der Waals surface area contributed by atoms with E-state index in [0.717, 1.165) is 25.0 Å². The van der Waals surface area contributed by atoms with Crippen LogP contribution in [0.1, 0.15) is 12.2 Å². The molecule has 1 aromatic heterocycles. The van der Waals surface area contributed by atoms with Gasteiger partial charge in [0.2, 0.25) is 10.0 Å². The molecule has 1 heterocycles. The predicted molar refractivity (Wildman–Crippen MR) is 94.7 cm³/mol. The Labute approximate surface area is 143 Å². The van der Waals surface area contributed by atoms with Crippen molar-refractivity contribution in [3.8, 4) is 0 Å². The summed E-state index contributed by atoms with van der Waals surface area (Å²) in [7, 11) is -1.41. The van der Waals surface area contributed by atoms with E-state index < -0.39 is 10.0 Å². The fourth-order valence-electron chi connectivity index (χ4n) is 1.53. The highest BCUT2D eigenvalue weighted by molar-refractivity contribution is 14.0. The molecular weight excluding hydrogens is 407 g/mol. The molecule has 1 aromatic rings. The largest absolute Gasteiger partial charge is 0.469 e. The van der Waals surface area contributed by atoms with E-state index in [9.17, 15) is 8.42 Å². The van der Waals surface area contributed by atoms with E-state index >= 15 is 0 Å². The molecule has 0 bridgehead atoms. The van der Waals surface area contributed by atoms with Crippen LogP contribution in [0, 0.1) is 0 Å². The van der Waals surface area contributed by atoms with Crippen LogP contribution < -0.4 is 15.4 Å². The van der Waals surface area contributed by atoms with Crippen LogP contribution in [0.4, 0.5) is 0 Å². The second-order valence-electron chi connectivity index (χ2n) is 4.28. The first-order chi connectivity index (χ1) is 9.51. The maximum atomic E-state index is 10.9. The topological polar surface area (TPSA) is 95.7 Å². The average Bonchev–Trinajstić information content (AvgIpc) is 2.88. The Kier molecular flexibility index (Phi) is 10.4. The van der Waals surface area contributed by atoms with Crippen molar-refractivity contribution >= 4 is 40.0 Å². The number of rotatable bonds is 8. The van der Waals surface area contributed by atoms with Crippen molar-refractivity contribution in [3.05, 3.63) is 24.2 Å². The van der Waals surface area contributed by atoms with E-state index in [0.29, 0.717) is 25.5 Å². The standard InChI is InChI=1S/C12H22N4O3S.HI/c1-13-12(14-7-4-8-16-20(2,17)18)15-9-6-11-5-3-10-19-11;/h3,5,10,16H,4,6-9H2,1-2H3,(H2,13,14,15);1H. The minimum Gasteiger partial charge on any atom is -0.469 e. The maximum Gasteiger partial charge on any atom is 0.208 e. The quantitative estimate of drug-likeness (QED) is 0.242. The van der Waals surface area contributed by atoms with Crippen LogP contribution in [0.2, 0.25) is 0 Å². The fourth-order valence-corrected chi connectivity index (χ4v) is 2.05. The third kappa shape index (κ3) is 10.5. The molecule has 9 heteroatoms. The molecule has 21 heavy (non-hydrogen) atoms. The average molecular weight is 430 g/mol. The van der Waals surface area contributed by atoms with Crippen LogP contribution in [0.25, 0.3) is 0 Å². The number of nitrogens with zero attached hydrogens (tertiary/aromatic N) is 1. The molecule has 0 aliphatic heterocycles. The lowest BCUT2D eigenvalue weighted by Crippen LogP contribution is -2.39. The molecule has 0 amide bonds. The second kappa shape index (κ2) is 10.9. The molecule has 0 atom stereocenters. The van der Waals surface area contributed by atoms with Crippen LogP contribution in [0.15, 0.2) is 27.8 Å². The fraction of sp³-hybridized carbons (Fsp3) is 0.583. The molecule has 0 fully saturated rings. The molecule has 0 radical (unpaired) electrons. The van der Waals surface area contributed by atoms with Gasteiger partial charge in [-0.3, -0.25) is 4.99 Å². The summed E-state index contributed by atoms with van der Waals surface area (Å²) < 4.78 is 29.4. The number of nitrogens with one attached hydrogen (secondary N) is 3.